The third-order valence-electron chi connectivity index (χ3n) is 1.87. The van der Waals surface area contributed by atoms with Crippen molar-refractivity contribution in [2.75, 3.05) is 0 Å². The number of hydrogen-bond donors (Lipinski definition) is 0. The fourth-order valence-corrected chi connectivity index (χ4v) is 1.19. The van der Waals surface area contributed by atoms with Gasteiger partial charge in [-0.1, -0.05) is 13.8 Å². The van der Waals surface area contributed by atoms with Crippen LogP contribution in [0.5, 0.6) is 0 Å². The predicted octanol–water partition coefficient (Wildman–Crippen LogP) is 1.75. The minimum atomic E-state index is 0.0255. The van der Waals surface area contributed by atoms with E-state index in [-0.39, 0.29) is 5.78 Å². The number of Topliss-reactive ketones (excluding diaryl/α,β-unsaturated/α-hetero) is 1. The molecule has 0 aliphatic rings. The molecule has 0 bridgehead atoms. The molecule has 0 amide bonds. The van der Waals surface area contributed by atoms with Crippen LogP contribution in [0.15, 0.2) is 6.07 Å². The Bertz CT molecular complexity index is 299. The summed E-state index contributed by atoms with van der Waals surface area (Å²) in [6.07, 6.45) is 0. The Labute approximate surface area is 72.4 Å². The quantitative estimate of drug-likeness (QED) is 0.627. The maximum absolute atomic E-state index is 11.0. The van der Waals surface area contributed by atoms with Gasteiger partial charge < -0.3 is 0 Å². The van der Waals surface area contributed by atoms with Gasteiger partial charge in [0.05, 0.1) is 0 Å². The average molecular weight is 166 g/mol. The Morgan fingerprint density at radius 1 is 1.58 bits per heavy atom. The summed E-state index contributed by atoms with van der Waals surface area (Å²) < 4.78 is 1.77. The van der Waals surface area contributed by atoms with Gasteiger partial charge in [0.2, 0.25) is 0 Å². The second-order valence-corrected chi connectivity index (χ2v) is 3.29. The van der Waals surface area contributed by atoms with Gasteiger partial charge in [-0.3, -0.25) is 9.48 Å². The Balaban J connectivity index is 3.09. The molecular weight excluding hydrogens is 152 g/mol. The molecule has 0 unspecified atom stereocenters. The van der Waals surface area contributed by atoms with E-state index in [4.69, 9.17) is 0 Å². The highest BCUT2D eigenvalue weighted by Gasteiger charge is 2.10. The van der Waals surface area contributed by atoms with Crippen molar-refractivity contribution in [2.24, 2.45) is 7.05 Å². The van der Waals surface area contributed by atoms with Gasteiger partial charge in [0.25, 0.3) is 0 Å². The van der Waals surface area contributed by atoms with E-state index >= 15 is 0 Å². The zero-order valence-electron chi connectivity index (χ0n) is 7.96. The van der Waals surface area contributed by atoms with E-state index in [0.29, 0.717) is 11.6 Å². The second-order valence-electron chi connectivity index (χ2n) is 3.29. The number of carbonyl (C=O) groups is 1. The van der Waals surface area contributed by atoms with Crippen molar-refractivity contribution in [2.45, 2.75) is 26.7 Å². The summed E-state index contributed by atoms with van der Waals surface area (Å²) in [5, 5.41) is 4.10. The molecule has 1 aromatic heterocycles. The Kier molecular flexibility index (Phi) is 2.31. The van der Waals surface area contributed by atoms with Crippen LogP contribution in [0.1, 0.15) is 42.9 Å². The van der Waals surface area contributed by atoms with Crippen molar-refractivity contribution in [3.63, 3.8) is 0 Å². The largest absolute Gasteiger partial charge is 0.293 e. The van der Waals surface area contributed by atoms with Crippen molar-refractivity contribution in [1.29, 1.82) is 0 Å². The summed E-state index contributed by atoms with van der Waals surface area (Å²) in [5.41, 5.74) is 1.65. The van der Waals surface area contributed by atoms with Crippen LogP contribution in [-0.2, 0) is 7.05 Å². The van der Waals surface area contributed by atoms with Gasteiger partial charge in [0.1, 0.15) is 5.69 Å². The summed E-state index contributed by atoms with van der Waals surface area (Å²) in [6, 6.07) is 1.85. The maximum Gasteiger partial charge on any atom is 0.179 e. The van der Waals surface area contributed by atoms with Gasteiger partial charge in [0, 0.05) is 19.7 Å². The molecule has 12 heavy (non-hydrogen) atoms. The van der Waals surface area contributed by atoms with Gasteiger partial charge in [-0.05, 0) is 12.0 Å². The van der Waals surface area contributed by atoms with Crippen molar-refractivity contribution in [1.82, 2.24) is 9.78 Å². The van der Waals surface area contributed by atoms with Crippen LogP contribution >= 0.6 is 0 Å². The Morgan fingerprint density at radius 2 is 2.17 bits per heavy atom. The molecule has 0 saturated heterocycles. The predicted molar refractivity (Wildman–Crippen MR) is 47.3 cm³/mol. The van der Waals surface area contributed by atoms with Crippen LogP contribution in [0, 0.1) is 0 Å². The van der Waals surface area contributed by atoms with Crippen molar-refractivity contribution < 1.29 is 4.79 Å². The van der Waals surface area contributed by atoms with E-state index in [1.807, 2.05) is 13.1 Å². The maximum atomic E-state index is 11.0. The lowest BCUT2D eigenvalue weighted by atomic mass is 10.1. The summed E-state index contributed by atoms with van der Waals surface area (Å²) in [5.74, 6) is 0.438. The first-order valence-electron chi connectivity index (χ1n) is 4.07. The minimum absolute atomic E-state index is 0.0255. The van der Waals surface area contributed by atoms with E-state index in [2.05, 4.69) is 18.9 Å². The normalized spacial score (nSPS) is 10.8. The lowest BCUT2D eigenvalue weighted by Crippen LogP contribution is -2.00. The van der Waals surface area contributed by atoms with Gasteiger partial charge in [-0.25, -0.2) is 0 Å². The molecule has 1 aromatic rings. The molecule has 0 radical (unpaired) electrons. The van der Waals surface area contributed by atoms with Crippen molar-refractivity contribution in [3.8, 4) is 0 Å². The van der Waals surface area contributed by atoms with Crippen LogP contribution in [-0.4, -0.2) is 15.6 Å². The van der Waals surface area contributed by atoms with Crippen molar-refractivity contribution in [3.05, 3.63) is 17.5 Å². The summed E-state index contributed by atoms with van der Waals surface area (Å²) >= 11 is 0. The fourth-order valence-electron chi connectivity index (χ4n) is 1.19. The fraction of sp³-hybridized carbons (Fsp3) is 0.556. The van der Waals surface area contributed by atoms with Crippen LogP contribution in [0.4, 0.5) is 0 Å². The van der Waals surface area contributed by atoms with Crippen LogP contribution in [0.2, 0.25) is 0 Å². The highest BCUT2D eigenvalue weighted by molar-refractivity contribution is 5.92. The Morgan fingerprint density at radius 3 is 2.42 bits per heavy atom. The number of rotatable bonds is 2. The summed E-state index contributed by atoms with van der Waals surface area (Å²) in [6.45, 7) is 5.70. The van der Waals surface area contributed by atoms with Gasteiger partial charge in [-0.2, -0.15) is 5.10 Å². The van der Waals surface area contributed by atoms with Crippen molar-refractivity contribution >= 4 is 5.78 Å². The zero-order valence-corrected chi connectivity index (χ0v) is 7.96. The zero-order chi connectivity index (χ0) is 9.30. The van der Waals surface area contributed by atoms with Gasteiger partial charge in [0.15, 0.2) is 5.78 Å². The standard InChI is InChI=1S/C9H14N2O/c1-6(2)9-5-8(7(3)12)10-11(9)4/h5-6H,1-4H3. The second kappa shape index (κ2) is 3.09. The van der Waals surface area contributed by atoms with Crippen LogP contribution < -0.4 is 0 Å². The molecule has 0 saturated carbocycles. The van der Waals surface area contributed by atoms with Gasteiger partial charge >= 0.3 is 0 Å². The Hall–Kier alpha value is -1.12. The molecule has 1 rings (SSSR count). The minimum Gasteiger partial charge on any atom is -0.293 e. The molecule has 0 aliphatic carbocycles. The molecule has 0 N–H and O–H groups in total. The van der Waals surface area contributed by atoms with E-state index in [0.717, 1.165) is 5.69 Å². The SMILES string of the molecule is CC(=O)c1cc(C(C)C)n(C)n1. The van der Waals surface area contributed by atoms with Crippen LogP contribution in [0.3, 0.4) is 0 Å². The summed E-state index contributed by atoms with van der Waals surface area (Å²) in [7, 11) is 1.86. The number of hydrogen-bond acceptors (Lipinski definition) is 2. The first-order valence-corrected chi connectivity index (χ1v) is 4.07. The highest BCUT2D eigenvalue weighted by Crippen LogP contribution is 2.14. The topological polar surface area (TPSA) is 34.9 Å². The molecule has 3 nitrogen and oxygen atoms in total. The first-order chi connectivity index (χ1) is 5.52. The molecule has 66 valence electrons. The smallest absolute Gasteiger partial charge is 0.179 e. The van der Waals surface area contributed by atoms with Crippen LogP contribution in [0.25, 0.3) is 0 Å². The van der Waals surface area contributed by atoms with E-state index < -0.39 is 0 Å². The molecule has 0 aliphatic heterocycles. The summed E-state index contributed by atoms with van der Waals surface area (Å²) in [4.78, 5) is 11.0. The van der Waals surface area contributed by atoms with E-state index in [1.165, 1.54) is 6.92 Å². The molecular formula is C9H14N2O. The lowest BCUT2D eigenvalue weighted by molar-refractivity contribution is 0.101. The lowest BCUT2D eigenvalue weighted by Gasteiger charge is -2.02. The molecule has 1 heterocycles. The van der Waals surface area contributed by atoms with Gasteiger partial charge in [-0.15, -0.1) is 0 Å². The third-order valence-corrected chi connectivity index (χ3v) is 1.87. The van der Waals surface area contributed by atoms with E-state index in [1.54, 1.807) is 4.68 Å². The average Bonchev–Trinajstić information content (AvgIpc) is 2.30. The molecule has 0 spiro atoms. The first kappa shape index (κ1) is 8.97. The third kappa shape index (κ3) is 1.55. The monoisotopic (exact) mass is 166 g/mol. The number of ketones is 1. The van der Waals surface area contributed by atoms with E-state index in [9.17, 15) is 4.79 Å². The molecule has 3 heteroatoms. The number of nitrogens with zero attached hydrogens (tertiary/aromatic N) is 2. The molecule has 0 aromatic carbocycles. The molecule has 0 atom stereocenters. The number of aryl methyl sites for hydroxylation is 1. The number of carbonyl (C=O) groups excluding carboxylic acids is 1. The highest BCUT2D eigenvalue weighted by atomic mass is 16.1. The molecule has 0 fully saturated rings. The number of aromatic nitrogens is 2.